The zero-order chi connectivity index (χ0) is 23.0. The Labute approximate surface area is 193 Å². The third-order valence-corrected chi connectivity index (χ3v) is 5.98. The van der Waals surface area contributed by atoms with Crippen LogP contribution in [0.2, 0.25) is 0 Å². The number of aromatic amines is 1. The summed E-state index contributed by atoms with van der Waals surface area (Å²) in [7, 11) is 0. The van der Waals surface area contributed by atoms with Gasteiger partial charge in [0.2, 0.25) is 11.9 Å². The maximum Gasteiger partial charge on any atom is 0.255 e. The predicted octanol–water partition coefficient (Wildman–Crippen LogP) is 2.43. The Morgan fingerprint density at radius 2 is 2.06 bits per heavy atom. The molecule has 0 aliphatic carbocycles. The van der Waals surface area contributed by atoms with Crippen LogP contribution in [0.3, 0.4) is 0 Å². The number of carbonyl (C=O) groups is 1. The summed E-state index contributed by atoms with van der Waals surface area (Å²) in [6.45, 7) is 5.66. The number of nitrogens with one attached hydrogen (secondary N) is 2. The maximum absolute atomic E-state index is 12.6. The van der Waals surface area contributed by atoms with Gasteiger partial charge < -0.3 is 24.4 Å². The van der Waals surface area contributed by atoms with E-state index in [0.29, 0.717) is 68.0 Å². The van der Waals surface area contributed by atoms with Crippen molar-refractivity contribution in [2.75, 3.05) is 49.7 Å². The quantitative estimate of drug-likeness (QED) is 0.628. The summed E-state index contributed by atoms with van der Waals surface area (Å²) >= 11 is 0. The van der Waals surface area contributed by atoms with E-state index < -0.39 is 0 Å². The number of carbonyl (C=O) groups excluding carboxylic acids is 1. The number of amides is 1. The van der Waals surface area contributed by atoms with Crippen molar-refractivity contribution in [2.24, 2.45) is 0 Å². The molecular formula is C24H32N4O5. The van der Waals surface area contributed by atoms with Gasteiger partial charge in [0, 0.05) is 37.4 Å². The fourth-order valence-electron chi connectivity index (χ4n) is 4.08. The van der Waals surface area contributed by atoms with Gasteiger partial charge in [-0.05, 0) is 44.7 Å². The first-order valence-corrected chi connectivity index (χ1v) is 11.7. The summed E-state index contributed by atoms with van der Waals surface area (Å²) in [4.78, 5) is 34.7. The Kier molecular flexibility index (Phi) is 7.96. The summed E-state index contributed by atoms with van der Waals surface area (Å²) in [5.74, 6) is 0.989. The lowest BCUT2D eigenvalue weighted by atomic mass is 10.1. The molecule has 9 heteroatoms. The number of morpholine rings is 1. The van der Waals surface area contributed by atoms with Crippen molar-refractivity contribution in [1.82, 2.24) is 9.97 Å². The molecule has 2 fully saturated rings. The van der Waals surface area contributed by atoms with Crippen LogP contribution in [0.1, 0.15) is 36.9 Å². The van der Waals surface area contributed by atoms with Crippen molar-refractivity contribution in [3.8, 4) is 5.75 Å². The van der Waals surface area contributed by atoms with Crippen LogP contribution >= 0.6 is 0 Å². The number of aromatic nitrogens is 2. The molecule has 0 spiro atoms. The average molecular weight is 457 g/mol. The van der Waals surface area contributed by atoms with Crippen LogP contribution in [0.25, 0.3) is 0 Å². The van der Waals surface area contributed by atoms with Gasteiger partial charge in [-0.25, -0.2) is 4.98 Å². The van der Waals surface area contributed by atoms with E-state index in [1.807, 2.05) is 36.1 Å². The zero-order valence-corrected chi connectivity index (χ0v) is 19.1. The molecule has 1 amide bonds. The average Bonchev–Trinajstić information content (AvgIpc) is 2.84. The van der Waals surface area contributed by atoms with Gasteiger partial charge in [0.05, 0.1) is 25.0 Å². The minimum absolute atomic E-state index is 0.0881. The van der Waals surface area contributed by atoms with Crippen molar-refractivity contribution in [2.45, 2.75) is 45.1 Å². The number of ether oxygens (including phenoxy) is 3. The lowest BCUT2D eigenvalue weighted by Crippen LogP contribution is -2.38. The van der Waals surface area contributed by atoms with E-state index in [1.165, 1.54) is 0 Å². The van der Waals surface area contributed by atoms with E-state index in [1.54, 1.807) is 0 Å². The van der Waals surface area contributed by atoms with Gasteiger partial charge in [-0.15, -0.1) is 0 Å². The number of hydrogen-bond acceptors (Lipinski definition) is 7. The normalized spacial score (nSPS) is 18.7. The summed E-state index contributed by atoms with van der Waals surface area (Å²) in [6.07, 6.45) is 3.79. The van der Waals surface area contributed by atoms with E-state index >= 15 is 0 Å². The van der Waals surface area contributed by atoms with Crippen LogP contribution < -0.4 is 20.5 Å². The second kappa shape index (κ2) is 11.3. The fourth-order valence-corrected chi connectivity index (χ4v) is 4.08. The topological polar surface area (TPSA) is 106 Å². The number of hydrogen-bond donors (Lipinski definition) is 2. The first-order chi connectivity index (χ1) is 16.1. The van der Waals surface area contributed by atoms with Crippen LogP contribution in [-0.2, 0) is 20.7 Å². The van der Waals surface area contributed by atoms with Crippen LogP contribution in [0.15, 0.2) is 29.1 Å². The molecular weight excluding hydrogens is 424 g/mol. The first-order valence-electron chi connectivity index (χ1n) is 11.7. The number of para-hydroxylation sites is 2. The molecule has 178 valence electrons. The predicted molar refractivity (Wildman–Crippen MR) is 125 cm³/mol. The van der Waals surface area contributed by atoms with Crippen molar-refractivity contribution in [3.05, 3.63) is 45.9 Å². The second-order valence-corrected chi connectivity index (χ2v) is 8.40. The molecule has 1 atom stereocenters. The summed E-state index contributed by atoms with van der Waals surface area (Å²) in [5, 5.41) is 2.91. The van der Waals surface area contributed by atoms with E-state index in [9.17, 15) is 9.59 Å². The molecule has 2 aliphatic heterocycles. The Hall–Kier alpha value is -2.91. The van der Waals surface area contributed by atoms with E-state index in [-0.39, 0.29) is 24.0 Å². The highest BCUT2D eigenvalue weighted by atomic mass is 16.5. The van der Waals surface area contributed by atoms with Crippen molar-refractivity contribution in [1.29, 1.82) is 0 Å². The molecule has 9 nitrogen and oxygen atoms in total. The van der Waals surface area contributed by atoms with Crippen LogP contribution in [0, 0.1) is 6.92 Å². The fraction of sp³-hybridized carbons (Fsp3) is 0.542. The summed E-state index contributed by atoms with van der Waals surface area (Å²) in [6, 6.07) is 7.37. The number of aryl methyl sites for hydroxylation is 1. The van der Waals surface area contributed by atoms with Crippen molar-refractivity contribution >= 4 is 17.5 Å². The smallest absolute Gasteiger partial charge is 0.255 e. The van der Waals surface area contributed by atoms with Gasteiger partial charge in [-0.3, -0.25) is 14.6 Å². The monoisotopic (exact) mass is 456 g/mol. The Morgan fingerprint density at radius 3 is 2.82 bits per heavy atom. The highest BCUT2D eigenvalue weighted by Gasteiger charge is 2.18. The van der Waals surface area contributed by atoms with Gasteiger partial charge >= 0.3 is 0 Å². The minimum Gasteiger partial charge on any atom is -0.489 e. The lowest BCUT2D eigenvalue weighted by molar-refractivity contribution is -0.116. The molecule has 0 saturated carbocycles. The molecule has 2 N–H and O–H groups in total. The maximum atomic E-state index is 12.6. The van der Waals surface area contributed by atoms with E-state index in [4.69, 9.17) is 14.2 Å². The standard InChI is InChI=1S/C24H32N4O5/c1-17-19(23(30)27-24(25-17)28-11-14-31-15-12-28)9-10-22(29)26-20-7-2-3-8-21(20)33-16-18-6-4-5-13-32-18/h2-3,7-8,18H,4-6,9-16H2,1H3,(H,26,29)(H,25,27,30). The second-order valence-electron chi connectivity index (χ2n) is 8.40. The van der Waals surface area contributed by atoms with Crippen LogP contribution in [0.4, 0.5) is 11.6 Å². The largest absolute Gasteiger partial charge is 0.489 e. The molecule has 4 rings (SSSR count). The number of anilines is 2. The molecule has 2 saturated heterocycles. The summed E-state index contributed by atoms with van der Waals surface area (Å²) in [5.41, 5.74) is 1.59. The number of benzene rings is 1. The van der Waals surface area contributed by atoms with Crippen molar-refractivity contribution < 1.29 is 19.0 Å². The van der Waals surface area contributed by atoms with Gasteiger partial charge in [0.15, 0.2) is 0 Å². The molecule has 2 aliphatic rings. The zero-order valence-electron chi connectivity index (χ0n) is 19.1. The highest BCUT2D eigenvalue weighted by Crippen LogP contribution is 2.25. The van der Waals surface area contributed by atoms with Crippen LogP contribution in [0.5, 0.6) is 5.75 Å². The Bertz CT molecular complexity index is 997. The highest BCUT2D eigenvalue weighted by molar-refractivity contribution is 5.92. The molecule has 1 aromatic heterocycles. The third kappa shape index (κ3) is 6.33. The van der Waals surface area contributed by atoms with Gasteiger partial charge in [0.25, 0.3) is 5.56 Å². The molecule has 0 radical (unpaired) electrons. The molecule has 2 aromatic rings. The van der Waals surface area contributed by atoms with Gasteiger partial charge in [-0.1, -0.05) is 12.1 Å². The van der Waals surface area contributed by atoms with Gasteiger partial charge in [0.1, 0.15) is 12.4 Å². The molecule has 0 bridgehead atoms. The Balaban J connectivity index is 1.33. The van der Waals surface area contributed by atoms with Gasteiger partial charge in [-0.2, -0.15) is 0 Å². The number of nitrogens with zero attached hydrogens (tertiary/aromatic N) is 2. The number of H-pyrrole nitrogens is 1. The third-order valence-electron chi connectivity index (χ3n) is 5.98. The summed E-state index contributed by atoms with van der Waals surface area (Å²) < 4.78 is 17.0. The van der Waals surface area contributed by atoms with E-state index in [2.05, 4.69) is 15.3 Å². The SMILES string of the molecule is Cc1nc(N2CCOCC2)[nH]c(=O)c1CCC(=O)Nc1ccccc1OCC1CCCCO1. The van der Waals surface area contributed by atoms with E-state index in [0.717, 1.165) is 25.9 Å². The minimum atomic E-state index is -0.201. The van der Waals surface area contributed by atoms with Crippen molar-refractivity contribution in [3.63, 3.8) is 0 Å². The molecule has 3 heterocycles. The molecule has 33 heavy (non-hydrogen) atoms. The first kappa shape index (κ1) is 23.3. The number of rotatable bonds is 8. The van der Waals surface area contributed by atoms with Crippen LogP contribution in [-0.4, -0.2) is 61.5 Å². The Morgan fingerprint density at radius 1 is 1.24 bits per heavy atom. The molecule has 1 aromatic carbocycles. The lowest BCUT2D eigenvalue weighted by Gasteiger charge is -2.27. The molecule has 1 unspecified atom stereocenters.